The van der Waals surface area contributed by atoms with Gasteiger partial charge in [0.2, 0.25) is 0 Å². The lowest BCUT2D eigenvalue weighted by atomic mass is 10.1. The topological polar surface area (TPSA) is 105 Å². The summed E-state index contributed by atoms with van der Waals surface area (Å²) in [6.07, 6.45) is 3.15. The number of hydrogen-bond acceptors (Lipinski definition) is 6. The molecule has 1 aromatic heterocycles. The van der Waals surface area contributed by atoms with E-state index in [9.17, 15) is 18.3 Å². The molecule has 0 radical (unpaired) electrons. The van der Waals surface area contributed by atoms with Crippen molar-refractivity contribution in [2.75, 3.05) is 36.5 Å². The highest BCUT2D eigenvalue weighted by atomic mass is 79.9. The summed E-state index contributed by atoms with van der Waals surface area (Å²) in [5.41, 5.74) is 1.70. The summed E-state index contributed by atoms with van der Waals surface area (Å²) in [5.74, 6) is -1.53. The first kappa shape index (κ1) is 24.6. The van der Waals surface area contributed by atoms with E-state index in [-0.39, 0.29) is 28.3 Å². The van der Waals surface area contributed by atoms with Crippen molar-refractivity contribution in [3.8, 4) is 0 Å². The molecule has 2 N–H and O–H groups in total. The van der Waals surface area contributed by atoms with Gasteiger partial charge in [0, 0.05) is 29.8 Å². The summed E-state index contributed by atoms with van der Waals surface area (Å²) in [7, 11) is -2.89. The van der Waals surface area contributed by atoms with Crippen LogP contribution in [0.15, 0.2) is 35.1 Å². The lowest BCUT2D eigenvalue weighted by Crippen LogP contribution is -2.40. The Morgan fingerprint density at radius 1 is 1.21 bits per heavy atom. The number of carbonyl (C=O) groups is 1. The third-order valence-corrected chi connectivity index (χ3v) is 8.20. The molecule has 0 bridgehead atoms. The number of imidazole rings is 1. The Morgan fingerprint density at radius 3 is 2.59 bits per heavy atom. The molecule has 0 atom stereocenters. The van der Waals surface area contributed by atoms with Crippen molar-refractivity contribution >= 4 is 54.1 Å². The van der Waals surface area contributed by atoms with Gasteiger partial charge in [0.05, 0.1) is 34.6 Å². The van der Waals surface area contributed by atoms with E-state index in [4.69, 9.17) is 0 Å². The number of fused-ring (bicyclic) bond motifs is 1. The van der Waals surface area contributed by atoms with E-state index < -0.39 is 21.6 Å². The quantitative estimate of drug-likeness (QED) is 0.403. The van der Waals surface area contributed by atoms with Crippen molar-refractivity contribution in [3.05, 3.63) is 52.0 Å². The smallest absolute Gasteiger partial charge is 0.338 e. The van der Waals surface area contributed by atoms with Crippen molar-refractivity contribution in [1.29, 1.82) is 0 Å². The first-order chi connectivity index (χ1) is 16.1. The molecule has 0 aliphatic carbocycles. The number of anilines is 2. The highest BCUT2D eigenvalue weighted by Gasteiger charge is 2.23. The average molecular weight is 553 g/mol. The van der Waals surface area contributed by atoms with Crippen LogP contribution in [0.25, 0.3) is 11.0 Å². The highest BCUT2D eigenvalue weighted by molar-refractivity contribution is 9.10. The standard InChI is InChI=1S/C23H26BrFN4O4S/c1-15-12-16(24)4-5-18(15)27-21-17(23(30)31)13-19-22(20(21)25)26-14-29(19)7-3-2-6-28-8-10-34(32,33)11-9-28/h4-5,12-14,27H,2-3,6-11H2,1H3,(H,30,31). The molecule has 0 spiro atoms. The van der Waals surface area contributed by atoms with Crippen LogP contribution in [0.3, 0.4) is 0 Å². The van der Waals surface area contributed by atoms with Gasteiger partial charge in [-0.3, -0.25) is 0 Å². The fraction of sp³-hybridized carbons (Fsp3) is 0.391. The third kappa shape index (κ3) is 5.42. The molecule has 2 heterocycles. The van der Waals surface area contributed by atoms with Crippen LogP contribution in [0.5, 0.6) is 0 Å². The van der Waals surface area contributed by atoms with Crippen LogP contribution < -0.4 is 5.32 Å². The zero-order chi connectivity index (χ0) is 24.5. The zero-order valence-electron chi connectivity index (χ0n) is 18.7. The van der Waals surface area contributed by atoms with Gasteiger partial charge >= 0.3 is 5.97 Å². The second-order valence-corrected chi connectivity index (χ2v) is 11.7. The molecule has 4 rings (SSSR count). The van der Waals surface area contributed by atoms with E-state index in [0.29, 0.717) is 30.8 Å². The summed E-state index contributed by atoms with van der Waals surface area (Å²) in [4.78, 5) is 18.3. The minimum Gasteiger partial charge on any atom is -0.478 e. The van der Waals surface area contributed by atoms with Gasteiger partial charge in [-0.05, 0) is 56.1 Å². The fourth-order valence-corrected chi connectivity index (χ4v) is 5.87. The number of aryl methyl sites for hydroxylation is 2. The number of benzene rings is 2. The Balaban J connectivity index is 1.50. The highest BCUT2D eigenvalue weighted by Crippen LogP contribution is 2.32. The number of rotatable bonds is 8. The molecule has 0 unspecified atom stereocenters. The Bertz CT molecular complexity index is 1330. The van der Waals surface area contributed by atoms with Gasteiger partial charge in [-0.25, -0.2) is 22.6 Å². The van der Waals surface area contributed by atoms with Crippen LogP contribution >= 0.6 is 15.9 Å². The first-order valence-corrected chi connectivity index (χ1v) is 13.6. The fourth-order valence-electron chi connectivity index (χ4n) is 4.12. The van der Waals surface area contributed by atoms with E-state index in [0.717, 1.165) is 29.4 Å². The van der Waals surface area contributed by atoms with Gasteiger partial charge in [0.15, 0.2) is 15.7 Å². The number of nitrogens with one attached hydrogen (secondary N) is 1. The predicted octanol–water partition coefficient (Wildman–Crippen LogP) is 4.20. The number of aromatic nitrogens is 2. The average Bonchev–Trinajstić information content (AvgIpc) is 3.18. The van der Waals surface area contributed by atoms with Crippen LogP contribution in [0, 0.1) is 12.7 Å². The maximum atomic E-state index is 15.4. The summed E-state index contributed by atoms with van der Waals surface area (Å²) in [5, 5.41) is 12.7. The molecule has 1 aliphatic heterocycles. The lowest BCUT2D eigenvalue weighted by Gasteiger charge is -2.26. The Kier molecular flexibility index (Phi) is 7.25. The van der Waals surface area contributed by atoms with E-state index in [2.05, 4.69) is 31.1 Å². The molecule has 3 aromatic rings. The van der Waals surface area contributed by atoms with E-state index in [1.165, 1.54) is 12.4 Å². The van der Waals surface area contributed by atoms with Gasteiger partial charge in [-0.1, -0.05) is 15.9 Å². The van der Waals surface area contributed by atoms with Crippen molar-refractivity contribution in [2.24, 2.45) is 0 Å². The Labute approximate surface area is 205 Å². The van der Waals surface area contributed by atoms with Gasteiger partial charge in [-0.2, -0.15) is 0 Å². The molecule has 1 fully saturated rings. The molecule has 0 amide bonds. The van der Waals surface area contributed by atoms with Crippen molar-refractivity contribution in [3.63, 3.8) is 0 Å². The normalized spacial score (nSPS) is 16.1. The minimum absolute atomic E-state index is 0.114. The van der Waals surface area contributed by atoms with Gasteiger partial charge in [0.1, 0.15) is 5.52 Å². The van der Waals surface area contributed by atoms with Crippen LogP contribution in [0.2, 0.25) is 0 Å². The van der Waals surface area contributed by atoms with Crippen molar-refractivity contribution in [2.45, 2.75) is 26.3 Å². The molecular weight excluding hydrogens is 527 g/mol. The maximum absolute atomic E-state index is 15.4. The van der Waals surface area contributed by atoms with Crippen molar-refractivity contribution < 1.29 is 22.7 Å². The van der Waals surface area contributed by atoms with E-state index in [1.54, 1.807) is 16.7 Å². The molecule has 2 aromatic carbocycles. The second kappa shape index (κ2) is 10.0. The number of sulfone groups is 1. The van der Waals surface area contributed by atoms with Crippen LogP contribution in [-0.4, -0.2) is 65.1 Å². The number of hydrogen-bond donors (Lipinski definition) is 2. The van der Waals surface area contributed by atoms with Crippen LogP contribution in [0.4, 0.5) is 15.8 Å². The monoisotopic (exact) mass is 552 g/mol. The second-order valence-electron chi connectivity index (χ2n) is 8.51. The number of halogens is 2. The Morgan fingerprint density at radius 2 is 1.91 bits per heavy atom. The predicted molar refractivity (Wildman–Crippen MR) is 133 cm³/mol. The van der Waals surface area contributed by atoms with E-state index >= 15 is 4.39 Å². The number of carboxylic acid groups (broad SMARTS) is 1. The third-order valence-electron chi connectivity index (χ3n) is 6.09. The number of aromatic carboxylic acids is 1. The van der Waals surface area contributed by atoms with Crippen LogP contribution in [-0.2, 0) is 16.4 Å². The zero-order valence-corrected chi connectivity index (χ0v) is 21.1. The molecule has 182 valence electrons. The molecular formula is C23H26BrFN4O4S. The summed E-state index contributed by atoms with van der Waals surface area (Å²) < 4.78 is 41.2. The number of nitrogens with zero attached hydrogens (tertiary/aromatic N) is 3. The van der Waals surface area contributed by atoms with Crippen molar-refractivity contribution in [1.82, 2.24) is 14.5 Å². The maximum Gasteiger partial charge on any atom is 0.338 e. The number of unbranched alkanes of at least 4 members (excludes halogenated alkanes) is 1. The van der Waals surface area contributed by atoms with Gasteiger partial charge in [-0.15, -0.1) is 0 Å². The molecule has 1 saturated heterocycles. The summed E-state index contributed by atoms with van der Waals surface area (Å²) >= 11 is 3.39. The van der Waals surface area contributed by atoms with Gasteiger partial charge < -0.3 is 19.9 Å². The molecule has 1 aliphatic rings. The minimum atomic E-state index is -2.89. The summed E-state index contributed by atoms with van der Waals surface area (Å²) in [6.45, 7) is 4.30. The van der Waals surface area contributed by atoms with Gasteiger partial charge in [0.25, 0.3) is 0 Å². The lowest BCUT2D eigenvalue weighted by molar-refractivity contribution is 0.0697. The molecule has 0 saturated carbocycles. The number of carboxylic acids is 1. The Hall–Kier alpha value is -2.50. The van der Waals surface area contributed by atoms with Crippen LogP contribution in [0.1, 0.15) is 28.8 Å². The molecule has 11 heteroatoms. The SMILES string of the molecule is Cc1cc(Br)ccc1Nc1c(C(=O)O)cc2c(ncn2CCCCN2CCS(=O)(=O)CC2)c1F. The molecule has 8 nitrogen and oxygen atoms in total. The summed E-state index contributed by atoms with van der Waals surface area (Å²) in [6, 6.07) is 6.87. The molecule has 34 heavy (non-hydrogen) atoms. The largest absolute Gasteiger partial charge is 0.478 e. The van der Waals surface area contributed by atoms with E-state index in [1.807, 2.05) is 13.0 Å². The first-order valence-electron chi connectivity index (χ1n) is 11.0.